The van der Waals surface area contributed by atoms with Crippen molar-refractivity contribution in [3.63, 3.8) is 0 Å². The van der Waals surface area contributed by atoms with Crippen LogP contribution in [0.3, 0.4) is 0 Å². The van der Waals surface area contributed by atoms with Crippen LogP contribution >= 0.6 is 23.1 Å². The van der Waals surface area contributed by atoms with Crippen molar-refractivity contribution >= 4 is 45.3 Å². The second kappa shape index (κ2) is 5.98. The number of carbonyl (C=O) groups excluding carboxylic acids is 2. The molecule has 0 aliphatic heterocycles. The third-order valence-corrected chi connectivity index (χ3v) is 4.04. The highest BCUT2D eigenvalue weighted by Gasteiger charge is 2.12. The molecule has 0 aromatic carbocycles. The summed E-state index contributed by atoms with van der Waals surface area (Å²) in [7, 11) is 2.66. The number of nitrogens with zero attached hydrogens (tertiary/aromatic N) is 2. The van der Waals surface area contributed by atoms with Crippen LogP contribution in [0.25, 0.3) is 10.2 Å². The van der Waals surface area contributed by atoms with E-state index >= 15 is 0 Å². The van der Waals surface area contributed by atoms with Crippen molar-refractivity contribution in [2.24, 2.45) is 0 Å². The zero-order valence-corrected chi connectivity index (χ0v) is 11.8. The van der Waals surface area contributed by atoms with E-state index in [-0.39, 0.29) is 11.7 Å². The molecule has 2 aromatic rings. The Balaban J connectivity index is 2.20. The van der Waals surface area contributed by atoms with E-state index in [1.807, 2.05) is 0 Å². The number of esters is 2. The van der Waals surface area contributed by atoms with Crippen molar-refractivity contribution in [1.82, 2.24) is 9.97 Å². The van der Waals surface area contributed by atoms with Gasteiger partial charge in [-0.3, -0.25) is 4.79 Å². The van der Waals surface area contributed by atoms with Gasteiger partial charge in [0.25, 0.3) is 0 Å². The number of fused-ring (bicyclic) bond motifs is 1. The molecule has 0 amide bonds. The fraction of sp³-hybridized carbons (Fsp3) is 0.273. The maximum Gasteiger partial charge on any atom is 0.348 e. The highest BCUT2D eigenvalue weighted by atomic mass is 32.2. The zero-order valence-electron chi connectivity index (χ0n) is 10.2. The van der Waals surface area contributed by atoms with Gasteiger partial charge in [0.05, 0.1) is 20.0 Å². The molecule has 0 fully saturated rings. The summed E-state index contributed by atoms with van der Waals surface area (Å²) in [5.74, 6) is -0.584. The van der Waals surface area contributed by atoms with E-state index in [0.717, 1.165) is 5.39 Å². The van der Waals surface area contributed by atoms with Gasteiger partial charge in [-0.25, -0.2) is 14.8 Å². The first-order chi connectivity index (χ1) is 9.13. The molecule has 2 aromatic heterocycles. The van der Waals surface area contributed by atoms with Gasteiger partial charge in [0, 0.05) is 11.6 Å². The number of hydrogen-bond acceptors (Lipinski definition) is 8. The largest absolute Gasteiger partial charge is 0.468 e. The number of ether oxygens (including phenoxy) is 2. The molecule has 0 atom stereocenters. The summed E-state index contributed by atoms with van der Waals surface area (Å²) in [6, 6.07) is 1.68. The lowest BCUT2D eigenvalue weighted by Crippen LogP contribution is -2.03. The summed E-state index contributed by atoms with van der Waals surface area (Å²) >= 11 is 2.41. The molecule has 6 nitrogen and oxygen atoms in total. The highest BCUT2D eigenvalue weighted by molar-refractivity contribution is 7.99. The predicted octanol–water partition coefficient (Wildman–Crippen LogP) is 1.74. The Labute approximate surface area is 117 Å². The van der Waals surface area contributed by atoms with Gasteiger partial charge in [-0.05, 0) is 6.07 Å². The van der Waals surface area contributed by atoms with Crippen LogP contribution in [0.4, 0.5) is 0 Å². The molecule has 8 heteroatoms. The molecule has 0 spiro atoms. The number of carbonyl (C=O) groups is 2. The molecule has 2 rings (SSSR count). The van der Waals surface area contributed by atoms with Crippen LogP contribution in [-0.2, 0) is 14.3 Å². The third kappa shape index (κ3) is 3.21. The summed E-state index contributed by atoms with van der Waals surface area (Å²) in [5.41, 5.74) is 0. The van der Waals surface area contributed by atoms with E-state index in [2.05, 4.69) is 19.4 Å². The Morgan fingerprint density at radius 2 is 2.16 bits per heavy atom. The number of methoxy groups -OCH3 is 2. The fourth-order valence-corrected chi connectivity index (χ4v) is 2.90. The van der Waals surface area contributed by atoms with Gasteiger partial charge in [0.2, 0.25) is 0 Å². The Morgan fingerprint density at radius 3 is 2.84 bits per heavy atom. The Morgan fingerprint density at radius 1 is 1.37 bits per heavy atom. The van der Waals surface area contributed by atoms with Crippen LogP contribution in [-0.4, -0.2) is 41.9 Å². The van der Waals surface area contributed by atoms with E-state index in [9.17, 15) is 9.59 Å². The SMILES string of the molecule is COC(=O)CSc1ncc2cc(C(=O)OC)sc2n1. The van der Waals surface area contributed by atoms with E-state index < -0.39 is 5.97 Å². The van der Waals surface area contributed by atoms with E-state index in [1.165, 1.54) is 37.3 Å². The van der Waals surface area contributed by atoms with Crippen LogP contribution in [0.5, 0.6) is 0 Å². The lowest BCUT2D eigenvalue weighted by molar-refractivity contribution is -0.137. The van der Waals surface area contributed by atoms with E-state index in [1.54, 1.807) is 12.3 Å². The van der Waals surface area contributed by atoms with Crippen molar-refractivity contribution < 1.29 is 19.1 Å². The first-order valence-corrected chi connectivity index (χ1v) is 6.98. The zero-order chi connectivity index (χ0) is 13.8. The summed E-state index contributed by atoms with van der Waals surface area (Å²) in [6.07, 6.45) is 1.62. The number of thiophene rings is 1. The first kappa shape index (κ1) is 13.8. The third-order valence-electron chi connectivity index (χ3n) is 2.18. The molecule has 0 saturated heterocycles. The van der Waals surface area contributed by atoms with Gasteiger partial charge in [0.1, 0.15) is 9.71 Å². The molecule has 100 valence electrons. The molecular weight excluding hydrogens is 288 g/mol. The van der Waals surface area contributed by atoms with Crippen molar-refractivity contribution in [3.05, 3.63) is 17.1 Å². The van der Waals surface area contributed by atoms with Gasteiger partial charge in [-0.2, -0.15) is 0 Å². The van der Waals surface area contributed by atoms with Crippen molar-refractivity contribution in [2.75, 3.05) is 20.0 Å². The second-order valence-corrected chi connectivity index (χ2v) is 5.35. The first-order valence-electron chi connectivity index (χ1n) is 5.18. The normalized spacial score (nSPS) is 10.4. The maximum absolute atomic E-state index is 11.4. The Bertz CT molecular complexity index is 626. The molecule has 0 radical (unpaired) electrons. The number of rotatable bonds is 4. The van der Waals surface area contributed by atoms with E-state index in [4.69, 9.17) is 0 Å². The molecule has 2 heterocycles. The Hall–Kier alpha value is -1.67. The van der Waals surface area contributed by atoms with Crippen LogP contribution in [0.2, 0.25) is 0 Å². The van der Waals surface area contributed by atoms with Gasteiger partial charge < -0.3 is 9.47 Å². The van der Waals surface area contributed by atoms with Gasteiger partial charge in [0.15, 0.2) is 5.16 Å². The minimum atomic E-state index is -0.397. The second-order valence-electron chi connectivity index (χ2n) is 3.38. The molecule has 0 bridgehead atoms. The van der Waals surface area contributed by atoms with Crippen LogP contribution in [0.15, 0.2) is 17.4 Å². The summed E-state index contributed by atoms with van der Waals surface area (Å²) < 4.78 is 9.18. The molecule has 0 unspecified atom stereocenters. The maximum atomic E-state index is 11.4. The minimum Gasteiger partial charge on any atom is -0.468 e. The predicted molar refractivity (Wildman–Crippen MR) is 71.5 cm³/mol. The molecular formula is C11H10N2O4S2. The smallest absolute Gasteiger partial charge is 0.348 e. The molecule has 19 heavy (non-hydrogen) atoms. The summed E-state index contributed by atoms with van der Waals surface area (Å²) in [6.45, 7) is 0. The average Bonchev–Trinajstić information content (AvgIpc) is 2.86. The van der Waals surface area contributed by atoms with E-state index in [0.29, 0.717) is 14.9 Å². The number of thioether (sulfide) groups is 1. The summed E-state index contributed by atoms with van der Waals surface area (Å²) in [4.78, 5) is 32.0. The molecule has 0 aliphatic rings. The lowest BCUT2D eigenvalue weighted by atomic mass is 10.4. The fourth-order valence-electron chi connectivity index (χ4n) is 1.27. The highest BCUT2D eigenvalue weighted by Crippen LogP contribution is 2.26. The van der Waals surface area contributed by atoms with Gasteiger partial charge in [-0.1, -0.05) is 11.8 Å². The minimum absolute atomic E-state index is 0.150. The van der Waals surface area contributed by atoms with Crippen molar-refractivity contribution in [3.8, 4) is 0 Å². The van der Waals surface area contributed by atoms with Crippen molar-refractivity contribution in [1.29, 1.82) is 0 Å². The quantitative estimate of drug-likeness (QED) is 0.483. The Kier molecular flexibility index (Phi) is 4.33. The number of hydrogen-bond donors (Lipinski definition) is 0. The topological polar surface area (TPSA) is 78.4 Å². The molecule has 0 saturated carbocycles. The monoisotopic (exact) mass is 298 g/mol. The van der Waals surface area contributed by atoms with Crippen molar-refractivity contribution in [2.45, 2.75) is 5.16 Å². The number of aromatic nitrogens is 2. The molecule has 0 aliphatic carbocycles. The summed E-state index contributed by atoms with van der Waals surface area (Å²) in [5, 5.41) is 1.24. The lowest BCUT2D eigenvalue weighted by Gasteiger charge is -1.98. The van der Waals surface area contributed by atoms with Crippen LogP contribution in [0.1, 0.15) is 9.67 Å². The van der Waals surface area contributed by atoms with Gasteiger partial charge in [-0.15, -0.1) is 11.3 Å². The van der Waals surface area contributed by atoms with Crippen LogP contribution in [0, 0.1) is 0 Å². The van der Waals surface area contributed by atoms with Gasteiger partial charge >= 0.3 is 11.9 Å². The standard InChI is InChI=1S/C11H10N2O4S2/c1-16-8(14)5-18-11-12-4-6-3-7(10(15)17-2)19-9(6)13-11/h3-4H,5H2,1-2H3. The van der Waals surface area contributed by atoms with Crippen LogP contribution < -0.4 is 0 Å². The average molecular weight is 298 g/mol. The molecule has 0 N–H and O–H groups in total.